The lowest BCUT2D eigenvalue weighted by Gasteiger charge is -2.20. The van der Waals surface area contributed by atoms with E-state index in [1.165, 1.54) is 12.2 Å². The molecule has 0 aromatic heterocycles. The lowest BCUT2D eigenvalue weighted by atomic mass is 10.1. The number of nitrogens with zero attached hydrogens (tertiary/aromatic N) is 1. The van der Waals surface area contributed by atoms with E-state index in [-0.39, 0.29) is 0 Å². The topological polar surface area (TPSA) is 46.6 Å². The number of benzene rings is 2. The van der Waals surface area contributed by atoms with Crippen LogP contribution in [-0.2, 0) is 14.4 Å². The molecule has 0 saturated heterocycles. The zero-order chi connectivity index (χ0) is 14.4. The van der Waals surface area contributed by atoms with Crippen molar-refractivity contribution in [2.75, 3.05) is 0 Å². The Morgan fingerprint density at radius 1 is 0.762 bits per heavy atom. The summed E-state index contributed by atoms with van der Waals surface area (Å²) in [5, 5.41) is 0.823. The molecule has 4 rings (SSSR count). The quantitative estimate of drug-likeness (QED) is 0.793. The van der Waals surface area contributed by atoms with Crippen LogP contribution in [0.15, 0.2) is 60.7 Å². The first-order valence-electron chi connectivity index (χ1n) is 6.67. The fraction of sp³-hybridized carbons (Fsp3) is 0.0588. The van der Waals surface area contributed by atoms with E-state index in [2.05, 4.69) is 0 Å². The minimum absolute atomic E-state index is 0.440. The Morgan fingerprint density at radius 3 is 1.76 bits per heavy atom. The van der Waals surface area contributed by atoms with E-state index in [9.17, 15) is 9.59 Å². The summed E-state index contributed by atoms with van der Waals surface area (Å²) in [7, 11) is 0. The van der Waals surface area contributed by atoms with Gasteiger partial charge < -0.3 is 0 Å². The second kappa shape index (κ2) is 4.40. The number of hydroxylamine groups is 2. The maximum atomic E-state index is 11.7. The average Bonchev–Trinajstić information content (AvgIpc) is 3.01. The average molecular weight is 277 g/mol. The third kappa shape index (κ3) is 1.73. The highest BCUT2D eigenvalue weighted by Crippen LogP contribution is 2.45. The van der Waals surface area contributed by atoms with Gasteiger partial charge in [0.1, 0.15) is 6.10 Å². The first-order valence-corrected chi connectivity index (χ1v) is 6.67. The number of hydrogen-bond acceptors (Lipinski definition) is 3. The number of carbonyl (C=O) groups excluding carboxylic acids is 2. The molecule has 0 saturated carbocycles. The highest BCUT2D eigenvalue weighted by Gasteiger charge is 2.35. The van der Waals surface area contributed by atoms with Crippen LogP contribution in [0.25, 0.3) is 11.1 Å². The molecule has 0 radical (unpaired) electrons. The fourth-order valence-electron chi connectivity index (χ4n) is 2.82. The summed E-state index contributed by atoms with van der Waals surface area (Å²) in [6, 6.07) is 15.7. The highest BCUT2D eigenvalue weighted by molar-refractivity contribution is 6.11. The van der Waals surface area contributed by atoms with Crippen LogP contribution in [0.5, 0.6) is 0 Å². The van der Waals surface area contributed by atoms with E-state index < -0.39 is 17.9 Å². The Kier molecular flexibility index (Phi) is 2.52. The second-order valence-electron chi connectivity index (χ2n) is 4.96. The first kappa shape index (κ1) is 12.1. The molecular formula is C17H11NO3. The lowest BCUT2D eigenvalue weighted by Crippen LogP contribution is -2.31. The molecule has 4 nitrogen and oxygen atoms in total. The minimum atomic E-state index is -0.443. The number of rotatable bonds is 2. The van der Waals surface area contributed by atoms with E-state index in [0.29, 0.717) is 0 Å². The van der Waals surface area contributed by atoms with Crippen molar-refractivity contribution in [3.63, 3.8) is 0 Å². The summed E-state index contributed by atoms with van der Waals surface area (Å²) < 4.78 is 0. The number of amides is 2. The molecule has 0 unspecified atom stereocenters. The summed E-state index contributed by atoms with van der Waals surface area (Å²) in [6.07, 6.45) is 2.00. The van der Waals surface area contributed by atoms with Crippen molar-refractivity contribution in [2.24, 2.45) is 0 Å². The van der Waals surface area contributed by atoms with Gasteiger partial charge in [-0.2, -0.15) is 0 Å². The van der Waals surface area contributed by atoms with Gasteiger partial charge in [-0.15, -0.1) is 5.06 Å². The third-order valence-electron chi connectivity index (χ3n) is 3.76. The van der Waals surface area contributed by atoms with Gasteiger partial charge in [0, 0.05) is 12.2 Å². The Labute approximate surface area is 121 Å². The van der Waals surface area contributed by atoms with Crippen LogP contribution in [-0.4, -0.2) is 16.9 Å². The smallest absolute Gasteiger partial charge is 0.267 e. The molecule has 0 N–H and O–H groups in total. The molecule has 102 valence electrons. The molecule has 2 aliphatic rings. The number of hydrogen-bond donors (Lipinski definition) is 0. The molecule has 1 aliphatic heterocycles. The highest BCUT2D eigenvalue weighted by atomic mass is 16.7. The van der Waals surface area contributed by atoms with Crippen LogP contribution in [0.4, 0.5) is 0 Å². The standard InChI is InChI=1S/C17H11NO3/c19-15-9-10-16(20)18(15)21-17-13-7-3-1-5-11(13)12-6-2-4-8-14(12)17/h1-10,17H. The Hall–Kier alpha value is -2.72. The van der Waals surface area contributed by atoms with Gasteiger partial charge in [-0.1, -0.05) is 48.5 Å². The van der Waals surface area contributed by atoms with Gasteiger partial charge in [0.2, 0.25) is 0 Å². The molecule has 1 aliphatic carbocycles. The van der Waals surface area contributed by atoms with Crippen molar-refractivity contribution in [1.29, 1.82) is 0 Å². The summed E-state index contributed by atoms with van der Waals surface area (Å²) >= 11 is 0. The molecule has 1 heterocycles. The number of carbonyl (C=O) groups is 2. The monoisotopic (exact) mass is 277 g/mol. The van der Waals surface area contributed by atoms with Gasteiger partial charge in [0.25, 0.3) is 11.8 Å². The van der Waals surface area contributed by atoms with Crippen LogP contribution in [0.3, 0.4) is 0 Å². The van der Waals surface area contributed by atoms with Gasteiger partial charge in [0.05, 0.1) is 0 Å². The van der Waals surface area contributed by atoms with Crippen molar-refractivity contribution in [3.8, 4) is 11.1 Å². The van der Waals surface area contributed by atoms with Crippen molar-refractivity contribution < 1.29 is 14.4 Å². The molecule has 4 heteroatoms. The zero-order valence-electron chi connectivity index (χ0n) is 11.0. The van der Waals surface area contributed by atoms with Gasteiger partial charge in [-0.05, 0) is 22.3 Å². The number of imide groups is 1. The van der Waals surface area contributed by atoms with Gasteiger partial charge >= 0.3 is 0 Å². The molecular weight excluding hydrogens is 266 g/mol. The van der Waals surface area contributed by atoms with E-state index >= 15 is 0 Å². The first-order chi connectivity index (χ1) is 10.3. The van der Waals surface area contributed by atoms with Gasteiger partial charge in [-0.25, -0.2) is 4.84 Å². The summed E-state index contributed by atoms with van der Waals surface area (Å²) in [4.78, 5) is 29.1. The van der Waals surface area contributed by atoms with E-state index in [0.717, 1.165) is 27.3 Å². The van der Waals surface area contributed by atoms with Crippen LogP contribution in [0.1, 0.15) is 17.2 Å². The van der Waals surface area contributed by atoms with Gasteiger partial charge in [-0.3, -0.25) is 9.59 Å². The maximum absolute atomic E-state index is 11.7. The molecule has 2 amide bonds. The third-order valence-corrected chi connectivity index (χ3v) is 3.76. The second-order valence-corrected chi connectivity index (χ2v) is 4.96. The molecule has 2 aromatic rings. The minimum Gasteiger partial charge on any atom is -0.267 e. The Bertz CT molecular complexity index is 731. The predicted octanol–water partition coefficient (Wildman–Crippen LogP) is 2.61. The van der Waals surface area contributed by atoms with Crippen LogP contribution >= 0.6 is 0 Å². The van der Waals surface area contributed by atoms with Crippen LogP contribution < -0.4 is 0 Å². The van der Waals surface area contributed by atoms with Crippen LogP contribution in [0, 0.1) is 0 Å². The largest absolute Gasteiger partial charge is 0.278 e. The number of fused-ring (bicyclic) bond motifs is 3. The Morgan fingerprint density at radius 2 is 1.24 bits per heavy atom. The molecule has 0 atom stereocenters. The van der Waals surface area contributed by atoms with Crippen molar-refractivity contribution in [3.05, 3.63) is 71.8 Å². The van der Waals surface area contributed by atoms with E-state index in [4.69, 9.17) is 4.84 Å². The summed E-state index contributed by atoms with van der Waals surface area (Å²) in [6.45, 7) is 0. The zero-order valence-corrected chi connectivity index (χ0v) is 11.0. The van der Waals surface area contributed by atoms with Crippen molar-refractivity contribution >= 4 is 11.8 Å². The Balaban J connectivity index is 1.79. The van der Waals surface area contributed by atoms with Crippen molar-refractivity contribution in [1.82, 2.24) is 5.06 Å². The fourth-order valence-corrected chi connectivity index (χ4v) is 2.82. The molecule has 2 aromatic carbocycles. The van der Waals surface area contributed by atoms with Gasteiger partial charge in [0.15, 0.2) is 0 Å². The van der Waals surface area contributed by atoms with Crippen molar-refractivity contribution in [2.45, 2.75) is 6.10 Å². The van der Waals surface area contributed by atoms with E-state index in [1.54, 1.807) is 0 Å². The molecule has 0 fully saturated rings. The summed E-state index contributed by atoms with van der Waals surface area (Å²) in [5.41, 5.74) is 4.08. The summed E-state index contributed by atoms with van der Waals surface area (Å²) in [5.74, 6) is -0.885. The molecule has 0 bridgehead atoms. The van der Waals surface area contributed by atoms with Crippen LogP contribution in [0.2, 0.25) is 0 Å². The lowest BCUT2D eigenvalue weighted by molar-refractivity contribution is -0.196. The predicted molar refractivity (Wildman–Crippen MR) is 75.8 cm³/mol. The molecule has 21 heavy (non-hydrogen) atoms. The van der Waals surface area contributed by atoms with E-state index in [1.807, 2.05) is 48.5 Å². The normalized spacial score (nSPS) is 16.5. The molecule has 0 spiro atoms. The maximum Gasteiger partial charge on any atom is 0.278 e. The SMILES string of the molecule is O=C1C=CC(=O)N1OC1c2ccccc2-c2ccccc21.